The molecule has 2 aliphatic rings. The predicted octanol–water partition coefficient (Wildman–Crippen LogP) is 5.24. The predicted molar refractivity (Wildman–Crippen MR) is 147 cm³/mol. The van der Waals surface area contributed by atoms with Gasteiger partial charge in [0.25, 0.3) is 0 Å². The third-order valence-electron chi connectivity index (χ3n) is 6.44. The highest BCUT2D eigenvalue weighted by atomic mass is 19.1. The Morgan fingerprint density at radius 3 is 2.33 bits per heavy atom. The van der Waals surface area contributed by atoms with Gasteiger partial charge in [-0.1, -0.05) is 45.2 Å². The summed E-state index contributed by atoms with van der Waals surface area (Å²) < 4.78 is 42.9. The van der Waals surface area contributed by atoms with Crippen LogP contribution in [0.2, 0.25) is 0 Å². The monoisotopic (exact) mass is 546 g/mol. The lowest BCUT2D eigenvalue weighted by atomic mass is 9.99. The van der Waals surface area contributed by atoms with Crippen molar-refractivity contribution in [2.45, 2.75) is 71.6 Å². The van der Waals surface area contributed by atoms with Crippen LogP contribution in [0.15, 0.2) is 66.7 Å². The van der Waals surface area contributed by atoms with Crippen LogP contribution < -0.4 is 9.47 Å². The van der Waals surface area contributed by atoms with Crippen LogP contribution in [-0.4, -0.2) is 52.9 Å². The first-order valence-electron chi connectivity index (χ1n) is 12.4. The molecule has 0 saturated carbocycles. The fraction of sp³-hybridized carbons (Fsp3) is 0.419. The third kappa shape index (κ3) is 9.28. The Morgan fingerprint density at radius 1 is 0.923 bits per heavy atom. The molecule has 2 heterocycles. The average molecular weight is 547 g/mol. The minimum atomic E-state index is -0.872. The number of fused-ring (bicyclic) bond motifs is 1. The van der Waals surface area contributed by atoms with E-state index in [4.69, 9.17) is 24.4 Å². The number of aliphatic hydroxyl groups excluding tert-OH is 3. The van der Waals surface area contributed by atoms with Crippen molar-refractivity contribution in [2.75, 3.05) is 13.2 Å². The summed E-state index contributed by atoms with van der Waals surface area (Å²) >= 11 is 0. The fourth-order valence-electron chi connectivity index (χ4n) is 4.28. The molecule has 6 nitrogen and oxygen atoms in total. The van der Waals surface area contributed by atoms with Crippen molar-refractivity contribution in [1.82, 2.24) is 0 Å². The molecule has 39 heavy (non-hydrogen) atoms. The number of hydrogen-bond donors (Lipinski definition) is 3. The molecular weight excluding hydrogens is 506 g/mol. The van der Waals surface area contributed by atoms with Crippen LogP contribution in [0.5, 0.6) is 11.5 Å². The molecule has 3 aromatic carbocycles. The summed E-state index contributed by atoms with van der Waals surface area (Å²) in [6.45, 7) is 0.186. The molecule has 5 rings (SSSR count). The van der Waals surface area contributed by atoms with E-state index in [1.807, 2.05) is 30.3 Å². The summed E-state index contributed by atoms with van der Waals surface area (Å²) in [6, 6.07) is 18.8. The molecule has 3 N–H and O–H groups in total. The second-order valence-electron chi connectivity index (χ2n) is 9.16. The standard InChI is InChI=1S/C18H19FO3.C11H13FO3.2CH4/c19-15-7-9-16(21-12-13-4-2-1-3-5-13)14(10-15)6-8-17-18(11-20)22-17;12-8-2-4-10-7(5-8)1-3-11(15-10)9(14)6-13;;/h1-5,7,9-10,17-18,20H,6,8,11-12H2;2,4-5,9,11,13-14H,1,3,6H2;2*1H4. The van der Waals surface area contributed by atoms with Gasteiger partial charge < -0.3 is 29.5 Å². The molecule has 0 bridgehead atoms. The molecule has 4 atom stereocenters. The van der Waals surface area contributed by atoms with Crippen LogP contribution in [0, 0.1) is 11.6 Å². The van der Waals surface area contributed by atoms with Crippen molar-refractivity contribution in [1.29, 1.82) is 0 Å². The first-order chi connectivity index (χ1) is 18.0. The summed E-state index contributed by atoms with van der Waals surface area (Å²) in [5.74, 6) is 0.752. The topological polar surface area (TPSA) is 91.7 Å². The smallest absolute Gasteiger partial charge is 0.127 e. The molecule has 0 radical (unpaired) electrons. The van der Waals surface area contributed by atoms with Gasteiger partial charge in [0.05, 0.1) is 19.3 Å². The summed E-state index contributed by atoms with van der Waals surface area (Å²) in [4.78, 5) is 0. The zero-order valence-corrected chi connectivity index (χ0v) is 20.4. The SMILES string of the molecule is C.C.OCC(O)C1CCc2cc(F)ccc2O1.OCC1OC1CCc1cc(F)ccc1OCc1ccccc1. The lowest BCUT2D eigenvalue weighted by molar-refractivity contribution is -0.00965. The maximum atomic E-state index is 13.5. The average Bonchev–Trinajstić information content (AvgIpc) is 3.70. The molecule has 1 fully saturated rings. The van der Waals surface area contributed by atoms with Crippen molar-refractivity contribution in [2.24, 2.45) is 0 Å². The van der Waals surface area contributed by atoms with Crippen LogP contribution in [0.1, 0.15) is 44.4 Å². The highest BCUT2D eigenvalue weighted by Gasteiger charge is 2.37. The third-order valence-corrected chi connectivity index (χ3v) is 6.44. The number of aryl methyl sites for hydroxylation is 2. The highest BCUT2D eigenvalue weighted by Crippen LogP contribution is 2.30. The van der Waals surface area contributed by atoms with Gasteiger partial charge in [0.2, 0.25) is 0 Å². The number of ether oxygens (including phenoxy) is 3. The molecule has 2 aliphatic heterocycles. The van der Waals surface area contributed by atoms with Crippen LogP contribution >= 0.6 is 0 Å². The van der Waals surface area contributed by atoms with Gasteiger partial charge in [-0.2, -0.15) is 0 Å². The summed E-state index contributed by atoms with van der Waals surface area (Å²) in [6.07, 6.45) is 1.44. The van der Waals surface area contributed by atoms with E-state index in [-0.39, 0.29) is 51.9 Å². The Kier molecular flexibility index (Phi) is 12.8. The van der Waals surface area contributed by atoms with Gasteiger partial charge in [0.1, 0.15) is 48.1 Å². The van der Waals surface area contributed by atoms with E-state index < -0.39 is 12.2 Å². The van der Waals surface area contributed by atoms with Crippen LogP contribution in [0.3, 0.4) is 0 Å². The van der Waals surface area contributed by atoms with E-state index in [2.05, 4.69) is 0 Å². The van der Waals surface area contributed by atoms with Crippen LogP contribution in [0.4, 0.5) is 8.78 Å². The molecule has 3 aromatic rings. The Morgan fingerprint density at radius 2 is 1.64 bits per heavy atom. The quantitative estimate of drug-likeness (QED) is 0.318. The molecule has 8 heteroatoms. The van der Waals surface area contributed by atoms with Crippen LogP contribution in [-0.2, 0) is 24.2 Å². The largest absolute Gasteiger partial charge is 0.489 e. The molecule has 214 valence electrons. The van der Waals surface area contributed by atoms with Gasteiger partial charge in [0.15, 0.2) is 0 Å². The molecule has 1 saturated heterocycles. The van der Waals surface area contributed by atoms with Gasteiger partial charge in [-0.05, 0) is 78.8 Å². The van der Waals surface area contributed by atoms with Gasteiger partial charge in [-0.25, -0.2) is 8.78 Å². The Labute approximate surface area is 229 Å². The van der Waals surface area contributed by atoms with E-state index in [9.17, 15) is 13.9 Å². The van der Waals surface area contributed by atoms with Crippen molar-refractivity contribution in [3.8, 4) is 11.5 Å². The van der Waals surface area contributed by atoms with Crippen molar-refractivity contribution in [3.63, 3.8) is 0 Å². The minimum Gasteiger partial charge on any atom is -0.489 e. The zero-order valence-electron chi connectivity index (χ0n) is 20.4. The molecule has 0 amide bonds. The van der Waals surface area contributed by atoms with Gasteiger partial charge in [-0.15, -0.1) is 0 Å². The second kappa shape index (κ2) is 15.5. The number of aliphatic hydroxyl groups is 3. The molecule has 0 aliphatic carbocycles. The molecule has 4 unspecified atom stereocenters. The number of benzene rings is 3. The maximum Gasteiger partial charge on any atom is 0.127 e. The first kappa shape index (κ1) is 32.2. The molecule has 0 aromatic heterocycles. The van der Waals surface area contributed by atoms with Gasteiger partial charge >= 0.3 is 0 Å². The lowest BCUT2D eigenvalue weighted by Crippen LogP contribution is -2.37. The van der Waals surface area contributed by atoms with E-state index in [1.54, 1.807) is 12.1 Å². The Hall–Kier alpha value is -3.04. The van der Waals surface area contributed by atoms with Crippen LogP contribution in [0.25, 0.3) is 0 Å². The number of rotatable bonds is 9. The Balaban J connectivity index is 0.000000277. The van der Waals surface area contributed by atoms with Gasteiger partial charge in [-0.3, -0.25) is 0 Å². The van der Waals surface area contributed by atoms with E-state index in [1.165, 1.54) is 24.3 Å². The van der Waals surface area contributed by atoms with E-state index >= 15 is 0 Å². The molecular formula is C31H40F2O6. The summed E-state index contributed by atoms with van der Waals surface area (Å²) in [5.41, 5.74) is 2.73. The Bertz CT molecular complexity index is 1140. The normalized spacial score (nSPS) is 19.6. The zero-order chi connectivity index (χ0) is 26.2. The second-order valence-corrected chi connectivity index (χ2v) is 9.16. The van der Waals surface area contributed by atoms with Crippen molar-refractivity contribution < 1.29 is 38.3 Å². The summed E-state index contributed by atoms with van der Waals surface area (Å²) in [5, 5.41) is 27.2. The number of halogens is 2. The first-order valence-corrected chi connectivity index (χ1v) is 12.4. The number of epoxide rings is 1. The van der Waals surface area contributed by atoms with Crippen molar-refractivity contribution in [3.05, 3.63) is 95.1 Å². The maximum absolute atomic E-state index is 13.5. The lowest BCUT2D eigenvalue weighted by Gasteiger charge is -2.28. The minimum absolute atomic E-state index is 0. The van der Waals surface area contributed by atoms with Gasteiger partial charge in [0, 0.05) is 0 Å². The highest BCUT2D eigenvalue weighted by molar-refractivity contribution is 5.36. The van der Waals surface area contributed by atoms with E-state index in [0.717, 1.165) is 23.1 Å². The molecule has 0 spiro atoms. The van der Waals surface area contributed by atoms with Crippen molar-refractivity contribution >= 4 is 0 Å². The fourth-order valence-corrected chi connectivity index (χ4v) is 4.28. The number of hydrogen-bond acceptors (Lipinski definition) is 6. The van der Waals surface area contributed by atoms with E-state index in [0.29, 0.717) is 37.4 Å². The summed E-state index contributed by atoms with van der Waals surface area (Å²) in [7, 11) is 0.